The van der Waals surface area contributed by atoms with Crippen LogP contribution in [0.3, 0.4) is 0 Å². The first-order valence-electron chi connectivity index (χ1n) is 12.4. The van der Waals surface area contributed by atoms with E-state index in [-0.39, 0.29) is 29.9 Å². The Kier molecular flexibility index (Phi) is 10.3. The molecule has 2 aliphatic heterocycles. The average Bonchev–Trinajstić information content (AvgIpc) is 3.18. The highest BCUT2D eigenvalue weighted by Gasteiger charge is 2.37. The number of nitrogens with zero attached hydrogens (tertiary/aromatic N) is 2. The average molecular weight is 700 g/mol. The van der Waals surface area contributed by atoms with Crippen LogP contribution in [0.15, 0.2) is 35.2 Å². The van der Waals surface area contributed by atoms with Crippen LogP contribution in [0.4, 0.5) is 10.5 Å². The number of rotatable bonds is 9. The Morgan fingerprint density at radius 3 is 2.62 bits per heavy atom. The number of anilines is 1. The van der Waals surface area contributed by atoms with E-state index in [4.69, 9.17) is 25.8 Å². The van der Waals surface area contributed by atoms with Crippen molar-refractivity contribution in [1.82, 2.24) is 9.80 Å². The van der Waals surface area contributed by atoms with Gasteiger partial charge in [0.15, 0.2) is 18.1 Å². The number of ether oxygens (including phenoxy) is 3. The fraction of sp³-hybridized carbons (Fsp3) is 0.333. The number of halogens is 2. The Morgan fingerprint density at radius 2 is 1.93 bits per heavy atom. The molecule has 13 heteroatoms. The van der Waals surface area contributed by atoms with Gasteiger partial charge in [0.2, 0.25) is 5.91 Å². The monoisotopic (exact) mass is 699 g/mol. The van der Waals surface area contributed by atoms with Crippen molar-refractivity contribution in [3.63, 3.8) is 0 Å². The standard InChI is InChI=1S/C27H27ClIN3O7S/c1-3-38-21-11-17(10-20(29)25(21)39-15-23(33)30-18-5-4-16(2)19(28)13-18)12-22-26(35)32(27(36)40-22)14-24(34)31-6-8-37-9-7-31/h4-5,10-13H,3,6-9,14-15H2,1-2H3,(H,30,33)/b22-12-. The summed E-state index contributed by atoms with van der Waals surface area (Å²) in [7, 11) is 0. The van der Waals surface area contributed by atoms with Gasteiger partial charge in [0.05, 0.1) is 28.3 Å². The molecule has 1 N–H and O–H groups in total. The molecular formula is C27H27ClIN3O7S. The summed E-state index contributed by atoms with van der Waals surface area (Å²) in [5.74, 6) is -0.439. The van der Waals surface area contributed by atoms with Crippen LogP contribution in [0.2, 0.25) is 5.02 Å². The number of benzene rings is 2. The highest BCUT2D eigenvalue weighted by Crippen LogP contribution is 2.37. The molecule has 212 valence electrons. The number of hydrogen-bond donors (Lipinski definition) is 1. The van der Waals surface area contributed by atoms with Crippen LogP contribution < -0.4 is 14.8 Å². The van der Waals surface area contributed by atoms with Crippen molar-refractivity contribution in [2.45, 2.75) is 13.8 Å². The number of imide groups is 1. The quantitative estimate of drug-likeness (QED) is 0.300. The van der Waals surface area contributed by atoms with E-state index in [1.807, 2.05) is 19.9 Å². The second-order valence-electron chi connectivity index (χ2n) is 8.82. The molecule has 4 amide bonds. The zero-order valence-electron chi connectivity index (χ0n) is 21.8. The Hall–Kier alpha value is -2.81. The zero-order chi connectivity index (χ0) is 28.8. The number of amides is 4. The molecule has 2 aromatic carbocycles. The van der Waals surface area contributed by atoms with Gasteiger partial charge in [0.25, 0.3) is 17.1 Å². The number of carbonyl (C=O) groups is 4. The number of nitrogens with one attached hydrogen (secondary N) is 1. The van der Waals surface area contributed by atoms with Crippen molar-refractivity contribution in [3.8, 4) is 11.5 Å². The lowest BCUT2D eigenvalue weighted by molar-refractivity contribution is -0.139. The molecule has 0 unspecified atom stereocenters. The molecule has 2 aliphatic rings. The lowest BCUT2D eigenvalue weighted by Crippen LogP contribution is -2.46. The van der Waals surface area contributed by atoms with Gasteiger partial charge >= 0.3 is 0 Å². The Balaban J connectivity index is 1.45. The molecule has 2 saturated heterocycles. The fourth-order valence-electron chi connectivity index (χ4n) is 3.92. The first-order chi connectivity index (χ1) is 19.2. The van der Waals surface area contributed by atoms with Crippen LogP contribution in [-0.2, 0) is 19.1 Å². The second-order valence-corrected chi connectivity index (χ2v) is 11.4. The van der Waals surface area contributed by atoms with Crippen molar-refractivity contribution in [2.24, 2.45) is 0 Å². The number of hydrogen-bond acceptors (Lipinski definition) is 8. The molecule has 4 rings (SSSR count). The van der Waals surface area contributed by atoms with Gasteiger partial charge in [-0.25, -0.2) is 0 Å². The topological polar surface area (TPSA) is 114 Å². The summed E-state index contributed by atoms with van der Waals surface area (Å²) in [6, 6.07) is 8.65. The van der Waals surface area contributed by atoms with Crippen LogP contribution in [0.5, 0.6) is 11.5 Å². The van der Waals surface area contributed by atoms with Gasteiger partial charge in [-0.05, 0) is 89.7 Å². The van der Waals surface area contributed by atoms with E-state index in [2.05, 4.69) is 27.9 Å². The number of thioether (sulfide) groups is 1. The van der Waals surface area contributed by atoms with E-state index in [1.54, 1.807) is 35.2 Å². The van der Waals surface area contributed by atoms with Crippen LogP contribution in [0, 0.1) is 10.5 Å². The maximum atomic E-state index is 13.0. The highest BCUT2D eigenvalue weighted by molar-refractivity contribution is 14.1. The molecule has 0 aliphatic carbocycles. The van der Waals surface area contributed by atoms with E-state index in [0.29, 0.717) is 64.3 Å². The van der Waals surface area contributed by atoms with Gasteiger partial charge in [0.1, 0.15) is 6.54 Å². The van der Waals surface area contributed by atoms with Crippen molar-refractivity contribution < 1.29 is 33.4 Å². The van der Waals surface area contributed by atoms with Gasteiger partial charge in [-0.3, -0.25) is 24.1 Å². The molecule has 0 spiro atoms. The molecular weight excluding hydrogens is 673 g/mol. The molecule has 0 aromatic heterocycles. The minimum atomic E-state index is -0.530. The van der Waals surface area contributed by atoms with Crippen molar-refractivity contribution >= 4 is 80.7 Å². The van der Waals surface area contributed by atoms with E-state index in [9.17, 15) is 19.2 Å². The van der Waals surface area contributed by atoms with E-state index in [0.717, 1.165) is 22.2 Å². The summed E-state index contributed by atoms with van der Waals surface area (Å²) in [4.78, 5) is 53.3. The highest BCUT2D eigenvalue weighted by atomic mass is 127. The molecule has 2 heterocycles. The van der Waals surface area contributed by atoms with Crippen molar-refractivity contribution in [1.29, 1.82) is 0 Å². The third kappa shape index (κ3) is 7.47. The molecule has 0 radical (unpaired) electrons. The third-order valence-corrected chi connectivity index (χ3v) is 8.08. The molecule has 10 nitrogen and oxygen atoms in total. The first-order valence-corrected chi connectivity index (χ1v) is 14.7. The molecule has 0 atom stereocenters. The SMILES string of the molecule is CCOc1cc(/C=C2\SC(=O)N(CC(=O)N3CCOCC3)C2=O)cc(I)c1OCC(=O)Nc1ccc(C)c(Cl)c1. The number of morpholine rings is 1. The van der Waals surface area contributed by atoms with Gasteiger partial charge in [-0.15, -0.1) is 0 Å². The Bertz CT molecular complexity index is 1360. The van der Waals surface area contributed by atoms with Crippen molar-refractivity contribution in [2.75, 3.05) is 51.4 Å². The lowest BCUT2D eigenvalue weighted by atomic mass is 10.2. The summed E-state index contributed by atoms with van der Waals surface area (Å²) in [6.07, 6.45) is 1.58. The van der Waals surface area contributed by atoms with Crippen molar-refractivity contribution in [3.05, 3.63) is 55.0 Å². The summed E-state index contributed by atoms with van der Waals surface area (Å²) in [5, 5.41) is 2.79. The predicted octanol–water partition coefficient (Wildman–Crippen LogP) is 4.56. The molecule has 40 heavy (non-hydrogen) atoms. The smallest absolute Gasteiger partial charge is 0.294 e. The van der Waals surface area contributed by atoms with Gasteiger partial charge in [-0.1, -0.05) is 17.7 Å². The van der Waals surface area contributed by atoms with Gasteiger partial charge < -0.3 is 24.4 Å². The maximum Gasteiger partial charge on any atom is 0.294 e. The van der Waals surface area contributed by atoms with Crippen LogP contribution in [0.25, 0.3) is 6.08 Å². The lowest BCUT2D eigenvalue weighted by Gasteiger charge is -2.28. The van der Waals surface area contributed by atoms with Gasteiger partial charge in [0, 0.05) is 23.8 Å². The normalized spacial score (nSPS) is 16.4. The summed E-state index contributed by atoms with van der Waals surface area (Å²) in [6.45, 7) is 5.17. The minimum absolute atomic E-state index is 0.197. The van der Waals surface area contributed by atoms with Gasteiger partial charge in [-0.2, -0.15) is 0 Å². The predicted molar refractivity (Wildman–Crippen MR) is 161 cm³/mol. The van der Waals surface area contributed by atoms with E-state index >= 15 is 0 Å². The number of carbonyl (C=O) groups excluding carboxylic acids is 4. The maximum absolute atomic E-state index is 13.0. The molecule has 0 saturated carbocycles. The Morgan fingerprint density at radius 1 is 1.18 bits per heavy atom. The summed E-state index contributed by atoms with van der Waals surface area (Å²) >= 11 is 8.97. The van der Waals surface area contributed by atoms with Crippen LogP contribution in [0.1, 0.15) is 18.1 Å². The molecule has 2 fully saturated rings. The summed E-state index contributed by atoms with van der Waals surface area (Å²) < 4.78 is 17.5. The zero-order valence-corrected chi connectivity index (χ0v) is 25.6. The summed E-state index contributed by atoms with van der Waals surface area (Å²) in [5.41, 5.74) is 2.06. The molecule has 0 bridgehead atoms. The fourth-order valence-corrected chi connectivity index (χ4v) is 5.72. The minimum Gasteiger partial charge on any atom is -0.490 e. The van der Waals surface area contributed by atoms with Crippen LogP contribution in [-0.4, -0.2) is 78.8 Å². The largest absolute Gasteiger partial charge is 0.490 e. The number of aryl methyl sites for hydroxylation is 1. The second kappa shape index (κ2) is 13.7. The Labute approximate surface area is 254 Å². The van der Waals surface area contributed by atoms with E-state index < -0.39 is 11.1 Å². The molecule has 2 aromatic rings. The first kappa shape index (κ1) is 30.2. The van der Waals surface area contributed by atoms with E-state index in [1.165, 1.54) is 0 Å². The third-order valence-electron chi connectivity index (χ3n) is 5.96. The van der Waals surface area contributed by atoms with Crippen LogP contribution >= 0.6 is 46.0 Å².